The lowest BCUT2D eigenvalue weighted by atomic mass is 10.1. The van der Waals surface area contributed by atoms with E-state index in [0.717, 1.165) is 88.7 Å². The first kappa shape index (κ1) is 30.2. The van der Waals surface area contributed by atoms with Crippen LogP contribution in [0.2, 0.25) is 0 Å². The number of aryl methyl sites for hydroxylation is 1. The predicted octanol–water partition coefficient (Wildman–Crippen LogP) is 6.54. The molecule has 5 heteroatoms. The van der Waals surface area contributed by atoms with Crippen LogP contribution >= 0.6 is 0 Å². The topological polar surface area (TPSA) is 46.8 Å². The van der Waals surface area contributed by atoms with Crippen molar-refractivity contribution in [2.75, 3.05) is 26.2 Å². The third kappa shape index (κ3) is 8.50. The largest absolute Gasteiger partial charge is 0.385 e. The van der Waals surface area contributed by atoms with Gasteiger partial charge in [-0.3, -0.25) is 0 Å². The second-order valence-corrected chi connectivity index (χ2v) is 9.93. The number of hydrogen-bond donors (Lipinski definition) is 3. The molecule has 0 amide bonds. The second-order valence-electron chi connectivity index (χ2n) is 9.93. The summed E-state index contributed by atoms with van der Waals surface area (Å²) in [6.07, 6.45) is 6.64. The number of hydrogen-bond acceptors (Lipinski definition) is 2. The molecule has 3 aromatic rings. The molecule has 3 N–H and O–H groups in total. The Kier molecular flexibility index (Phi) is 11.9. The molecular formula is C32H47FN4. The summed E-state index contributed by atoms with van der Waals surface area (Å²) in [4.78, 5) is 9.26. The maximum absolute atomic E-state index is 13.8. The minimum absolute atomic E-state index is 0.250. The molecule has 0 aliphatic rings. The first-order valence-electron chi connectivity index (χ1n) is 13.6. The standard InChI is InChI=1S/C27H37FN4.C5H10/c1-7-13-32(14-8-2)15-9-12-29-20(5)27-18(3)26(31-21(27)6)17-23-19(4)30-25-11-10-22(28)16-24(23)25;1-4-5(2)3/h10-11,16-17,29-31H,4-5,7-9,12-15H2,1-3,6H3;2,4H2,1,3H3/b23-17+;. The highest BCUT2D eigenvalue weighted by molar-refractivity contribution is 5.82. The normalized spacial score (nSPS) is 11.6. The number of nitrogens with one attached hydrogen (secondary N) is 3. The molecule has 1 aromatic carbocycles. The molecule has 202 valence electrons. The highest BCUT2D eigenvalue weighted by Crippen LogP contribution is 2.24. The Morgan fingerprint density at radius 2 is 1.70 bits per heavy atom. The number of H-pyrrole nitrogens is 2. The molecule has 0 bridgehead atoms. The van der Waals surface area contributed by atoms with Gasteiger partial charge >= 0.3 is 0 Å². The minimum atomic E-state index is -0.250. The van der Waals surface area contributed by atoms with Crippen molar-refractivity contribution in [1.29, 1.82) is 0 Å². The van der Waals surface area contributed by atoms with Gasteiger partial charge in [-0.25, -0.2) is 4.39 Å². The minimum Gasteiger partial charge on any atom is -0.385 e. The Hall–Kier alpha value is -3.05. The van der Waals surface area contributed by atoms with Crippen LogP contribution in [0.3, 0.4) is 0 Å². The zero-order valence-electron chi connectivity index (χ0n) is 23.9. The monoisotopic (exact) mass is 506 g/mol. The van der Waals surface area contributed by atoms with E-state index in [0.29, 0.717) is 0 Å². The van der Waals surface area contributed by atoms with Gasteiger partial charge in [0, 0.05) is 50.7 Å². The first-order chi connectivity index (χ1) is 17.6. The number of halogens is 1. The zero-order valence-corrected chi connectivity index (χ0v) is 23.9. The van der Waals surface area contributed by atoms with E-state index in [1.165, 1.54) is 24.5 Å². The number of benzene rings is 1. The molecule has 0 fully saturated rings. The van der Waals surface area contributed by atoms with Gasteiger partial charge in [0.15, 0.2) is 0 Å². The molecular weight excluding hydrogens is 459 g/mol. The van der Waals surface area contributed by atoms with Gasteiger partial charge in [0.05, 0.1) is 0 Å². The fourth-order valence-corrected chi connectivity index (χ4v) is 4.52. The lowest BCUT2D eigenvalue weighted by Gasteiger charge is -2.21. The molecule has 3 rings (SSSR count). The molecule has 0 aliphatic carbocycles. The van der Waals surface area contributed by atoms with E-state index in [9.17, 15) is 4.39 Å². The van der Waals surface area contributed by atoms with E-state index in [1.807, 2.05) is 13.0 Å². The van der Waals surface area contributed by atoms with Crippen LogP contribution in [-0.2, 0) is 0 Å². The lowest BCUT2D eigenvalue weighted by Crippen LogP contribution is -2.28. The maximum atomic E-state index is 13.8. The molecule has 37 heavy (non-hydrogen) atoms. The highest BCUT2D eigenvalue weighted by atomic mass is 19.1. The van der Waals surface area contributed by atoms with Crippen molar-refractivity contribution >= 4 is 29.3 Å². The Bertz CT molecular complexity index is 1290. The number of aromatic amines is 2. The summed E-state index contributed by atoms with van der Waals surface area (Å²) >= 11 is 0. The Labute approximate surface area is 223 Å². The van der Waals surface area contributed by atoms with Crippen molar-refractivity contribution in [3.8, 4) is 0 Å². The zero-order chi connectivity index (χ0) is 27.5. The number of aromatic nitrogens is 2. The van der Waals surface area contributed by atoms with Crippen LogP contribution in [0.4, 0.5) is 4.39 Å². The molecule has 0 unspecified atom stereocenters. The Morgan fingerprint density at radius 3 is 2.30 bits per heavy atom. The summed E-state index contributed by atoms with van der Waals surface area (Å²) in [5.41, 5.74) is 7.39. The molecule has 0 aliphatic heterocycles. The van der Waals surface area contributed by atoms with Crippen molar-refractivity contribution in [1.82, 2.24) is 20.2 Å². The molecule has 4 nitrogen and oxygen atoms in total. The van der Waals surface area contributed by atoms with Crippen molar-refractivity contribution in [2.45, 2.75) is 67.2 Å². The third-order valence-electron chi connectivity index (χ3n) is 6.62. The molecule has 2 heterocycles. The van der Waals surface area contributed by atoms with Crippen LogP contribution < -0.4 is 15.9 Å². The van der Waals surface area contributed by atoms with Gasteiger partial charge in [0.2, 0.25) is 0 Å². The van der Waals surface area contributed by atoms with Crippen LogP contribution in [-0.4, -0.2) is 41.0 Å². The van der Waals surface area contributed by atoms with Gasteiger partial charge in [0.1, 0.15) is 5.82 Å². The number of allylic oxidation sites excluding steroid dienone is 1. The molecule has 0 saturated carbocycles. The maximum Gasteiger partial charge on any atom is 0.123 e. The fourth-order valence-electron chi connectivity index (χ4n) is 4.52. The summed E-state index contributed by atoms with van der Waals surface area (Å²) in [5, 5.41) is 6.04. The smallest absolute Gasteiger partial charge is 0.123 e. The van der Waals surface area contributed by atoms with Crippen LogP contribution in [0.15, 0.2) is 36.9 Å². The van der Waals surface area contributed by atoms with Crippen LogP contribution in [0.5, 0.6) is 0 Å². The van der Waals surface area contributed by atoms with Crippen molar-refractivity contribution in [3.63, 3.8) is 0 Å². The highest BCUT2D eigenvalue weighted by Gasteiger charge is 2.13. The second kappa shape index (κ2) is 14.6. The summed E-state index contributed by atoms with van der Waals surface area (Å²) in [7, 11) is 0. The van der Waals surface area contributed by atoms with Gasteiger partial charge in [-0.1, -0.05) is 39.5 Å². The lowest BCUT2D eigenvalue weighted by molar-refractivity contribution is 0.271. The van der Waals surface area contributed by atoms with Crippen LogP contribution in [0.25, 0.3) is 29.3 Å². The average Bonchev–Trinajstić information content (AvgIpc) is 3.31. The fraction of sp³-hybridized carbons (Fsp3) is 0.438. The third-order valence-corrected chi connectivity index (χ3v) is 6.62. The summed E-state index contributed by atoms with van der Waals surface area (Å²) < 4.78 is 13.8. The number of nitrogens with zero attached hydrogens (tertiary/aromatic N) is 1. The first-order valence-corrected chi connectivity index (χ1v) is 13.6. The number of rotatable bonds is 12. The van der Waals surface area contributed by atoms with Crippen LogP contribution in [0, 0.1) is 19.7 Å². The van der Waals surface area contributed by atoms with E-state index in [1.54, 1.807) is 12.1 Å². The Morgan fingerprint density at radius 1 is 1.05 bits per heavy atom. The summed E-state index contributed by atoms with van der Waals surface area (Å²) in [6.45, 7) is 29.2. The van der Waals surface area contributed by atoms with Gasteiger partial charge < -0.3 is 20.2 Å². The molecule has 2 aromatic heterocycles. The molecule has 0 saturated heterocycles. The number of fused-ring (bicyclic) bond motifs is 1. The van der Waals surface area contributed by atoms with Crippen LogP contribution in [0.1, 0.15) is 75.9 Å². The average molecular weight is 507 g/mol. The van der Waals surface area contributed by atoms with Crippen molar-refractivity contribution in [3.05, 3.63) is 75.8 Å². The Balaban J connectivity index is 0.000000877. The van der Waals surface area contributed by atoms with Gasteiger partial charge in [-0.2, -0.15) is 0 Å². The van der Waals surface area contributed by atoms with E-state index < -0.39 is 0 Å². The summed E-state index contributed by atoms with van der Waals surface area (Å²) in [6, 6.07) is 4.77. The van der Waals surface area contributed by atoms with E-state index in [-0.39, 0.29) is 5.82 Å². The molecule has 0 radical (unpaired) electrons. The van der Waals surface area contributed by atoms with E-state index in [4.69, 9.17) is 0 Å². The SMILES string of the molecule is C=C(C)CC.C=C(NCCCN(CCC)CCC)c1c(C)[nH]c(/C=c2\c(=C)[nH]c3ccc(F)cc23)c1C. The van der Waals surface area contributed by atoms with Gasteiger partial charge in [-0.05, 0) is 95.9 Å². The predicted molar refractivity (Wildman–Crippen MR) is 161 cm³/mol. The van der Waals surface area contributed by atoms with E-state index in [2.05, 4.69) is 74.5 Å². The van der Waals surface area contributed by atoms with Crippen molar-refractivity contribution < 1.29 is 4.39 Å². The summed E-state index contributed by atoms with van der Waals surface area (Å²) in [5.74, 6) is -0.250. The molecule has 0 atom stereocenters. The molecule has 0 spiro atoms. The van der Waals surface area contributed by atoms with E-state index >= 15 is 0 Å². The van der Waals surface area contributed by atoms with Gasteiger partial charge in [0.25, 0.3) is 0 Å². The van der Waals surface area contributed by atoms with Crippen molar-refractivity contribution in [2.24, 2.45) is 0 Å². The van der Waals surface area contributed by atoms with Gasteiger partial charge in [-0.15, -0.1) is 6.58 Å². The quantitative estimate of drug-likeness (QED) is 0.193.